The quantitative estimate of drug-likeness (QED) is 0.880. The molecule has 2 aromatic rings. The summed E-state index contributed by atoms with van der Waals surface area (Å²) in [5.74, 6) is -0.566. The molecule has 1 aromatic heterocycles. The minimum atomic E-state index is -0.952. The molecule has 1 fully saturated rings. The van der Waals surface area contributed by atoms with Crippen molar-refractivity contribution < 1.29 is 14.6 Å². The molecule has 94 valence electrons. The Labute approximate surface area is 103 Å². The molecule has 1 unspecified atom stereocenters. The SMILES string of the molecule is O=C(O)c1cccc2nnn(CC3CCOC3)c12. The second-order valence-corrected chi connectivity index (χ2v) is 4.48. The number of aromatic carboxylic acids is 1. The van der Waals surface area contributed by atoms with E-state index in [0.717, 1.165) is 13.0 Å². The van der Waals surface area contributed by atoms with Gasteiger partial charge in [-0.05, 0) is 18.6 Å². The van der Waals surface area contributed by atoms with Gasteiger partial charge in [0.25, 0.3) is 0 Å². The molecular weight excluding hydrogens is 234 g/mol. The van der Waals surface area contributed by atoms with E-state index in [2.05, 4.69) is 10.3 Å². The molecule has 1 atom stereocenters. The number of fused-ring (bicyclic) bond motifs is 1. The normalized spacial score (nSPS) is 19.4. The Morgan fingerprint density at radius 1 is 1.56 bits per heavy atom. The Balaban J connectivity index is 2.03. The monoisotopic (exact) mass is 247 g/mol. The van der Waals surface area contributed by atoms with Gasteiger partial charge in [0.15, 0.2) is 0 Å². The lowest BCUT2D eigenvalue weighted by molar-refractivity contribution is 0.0698. The van der Waals surface area contributed by atoms with Crippen LogP contribution in [0.25, 0.3) is 11.0 Å². The number of ether oxygens (including phenoxy) is 1. The largest absolute Gasteiger partial charge is 0.478 e. The van der Waals surface area contributed by atoms with Gasteiger partial charge in [-0.25, -0.2) is 9.48 Å². The average Bonchev–Trinajstić information content (AvgIpc) is 2.99. The summed E-state index contributed by atoms with van der Waals surface area (Å²) in [4.78, 5) is 11.2. The van der Waals surface area contributed by atoms with Crippen LogP contribution in [-0.4, -0.2) is 39.3 Å². The van der Waals surface area contributed by atoms with Crippen molar-refractivity contribution in [1.82, 2.24) is 15.0 Å². The van der Waals surface area contributed by atoms with Crippen LogP contribution in [0.15, 0.2) is 18.2 Å². The van der Waals surface area contributed by atoms with E-state index in [4.69, 9.17) is 4.74 Å². The molecule has 6 nitrogen and oxygen atoms in total. The summed E-state index contributed by atoms with van der Waals surface area (Å²) in [5.41, 5.74) is 1.46. The lowest BCUT2D eigenvalue weighted by atomic mass is 10.1. The molecule has 1 aliphatic heterocycles. The van der Waals surface area contributed by atoms with Crippen LogP contribution in [0.5, 0.6) is 0 Å². The first-order valence-electron chi connectivity index (χ1n) is 5.89. The smallest absolute Gasteiger partial charge is 0.337 e. The van der Waals surface area contributed by atoms with E-state index in [0.29, 0.717) is 30.1 Å². The molecule has 1 N–H and O–H groups in total. The van der Waals surface area contributed by atoms with Crippen LogP contribution in [0.2, 0.25) is 0 Å². The number of nitrogens with zero attached hydrogens (tertiary/aromatic N) is 3. The van der Waals surface area contributed by atoms with Gasteiger partial charge in [0, 0.05) is 19.1 Å². The predicted molar refractivity (Wildman–Crippen MR) is 63.4 cm³/mol. The van der Waals surface area contributed by atoms with Crippen LogP contribution >= 0.6 is 0 Å². The summed E-state index contributed by atoms with van der Waals surface area (Å²) in [6.07, 6.45) is 0.983. The molecule has 0 bridgehead atoms. The zero-order valence-corrected chi connectivity index (χ0v) is 9.74. The van der Waals surface area contributed by atoms with E-state index in [1.807, 2.05) is 0 Å². The van der Waals surface area contributed by atoms with Gasteiger partial charge in [0.05, 0.1) is 12.2 Å². The maximum Gasteiger partial charge on any atom is 0.337 e. The van der Waals surface area contributed by atoms with Crippen molar-refractivity contribution in [3.05, 3.63) is 23.8 Å². The lowest BCUT2D eigenvalue weighted by Crippen LogP contribution is -2.13. The van der Waals surface area contributed by atoms with E-state index < -0.39 is 5.97 Å². The first-order chi connectivity index (χ1) is 8.75. The Kier molecular flexibility index (Phi) is 2.71. The van der Waals surface area contributed by atoms with Gasteiger partial charge >= 0.3 is 5.97 Å². The van der Waals surface area contributed by atoms with E-state index in [1.54, 1.807) is 22.9 Å². The van der Waals surface area contributed by atoms with Gasteiger partial charge in [-0.2, -0.15) is 0 Å². The third-order valence-electron chi connectivity index (χ3n) is 3.22. The van der Waals surface area contributed by atoms with Crippen LogP contribution in [0.3, 0.4) is 0 Å². The zero-order valence-electron chi connectivity index (χ0n) is 9.74. The molecule has 2 heterocycles. The van der Waals surface area contributed by atoms with Crippen LogP contribution in [0, 0.1) is 5.92 Å². The van der Waals surface area contributed by atoms with Gasteiger partial charge in [0.2, 0.25) is 0 Å². The first-order valence-corrected chi connectivity index (χ1v) is 5.89. The average molecular weight is 247 g/mol. The van der Waals surface area contributed by atoms with Gasteiger partial charge in [-0.1, -0.05) is 11.3 Å². The Morgan fingerprint density at radius 2 is 2.44 bits per heavy atom. The van der Waals surface area contributed by atoms with Crippen LogP contribution in [0.1, 0.15) is 16.8 Å². The fourth-order valence-electron chi connectivity index (χ4n) is 2.30. The number of rotatable bonds is 3. The molecule has 0 amide bonds. The maximum atomic E-state index is 11.2. The third kappa shape index (κ3) is 1.84. The molecule has 3 rings (SSSR count). The number of carboxylic acids is 1. The first kappa shape index (κ1) is 11.2. The summed E-state index contributed by atoms with van der Waals surface area (Å²) in [7, 11) is 0. The summed E-state index contributed by atoms with van der Waals surface area (Å²) in [6.45, 7) is 2.13. The minimum absolute atomic E-state index is 0.247. The predicted octanol–water partition coefficient (Wildman–Crippen LogP) is 1.17. The summed E-state index contributed by atoms with van der Waals surface area (Å²) >= 11 is 0. The fourth-order valence-corrected chi connectivity index (χ4v) is 2.30. The van der Waals surface area contributed by atoms with Crippen molar-refractivity contribution in [2.24, 2.45) is 5.92 Å². The zero-order chi connectivity index (χ0) is 12.5. The minimum Gasteiger partial charge on any atom is -0.478 e. The van der Waals surface area contributed by atoms with E-state index in [-0.39, 0.29) is 5.56 Å². The van der Waals surface area contributed by atoms with E-state index in [1.165, 1.54) is 0 Å². The number of carbonyl (C=O) groups is 1. The third-order valence-corrected chi connectivity index (χ3v) is 3.22. The van der Waals surface area contributed by atoms with Crippen molar-refractivity contribution >= 4 is 17.0 Å². The van der Waals surface area contributed by atoms with Crippen LogP contribution in [-0.2, 0) is 11.3 Å². The molecule has 1 aliphatic rings. The lowest BCUT2D eigenvalue weighted by Gasteiger charge is -2.08. The number of hydrogen-bond donors (Lipinski definition) is 1. The van der Waals surface area contributed by atoms with Crippen molar-refractivity contribution in [3.63, 3.8) is 0 Å². The molecular formula is C12H13N3O3. The molecule has 6 heteroatoms. The van der Waals surface area contributed by atoms with Crippen molar-refractivity contribution in [2.75, 3.05) is 13.2 Å². The topological polar surface area (TPSA) is 77.2 Å². The second kappa shape index (κ2) is 4.38. The van der Waals surface area contributed by atoms with Crippen LogP contribution < -0.4 is 0 Å². The summed E-state index contributed by atoms with van der Waals surface area (Å²) < 4.78 is 7.00. The molecule has 1 saturated heterocycles. The highest BCUT2D eigenvalue weighted by molar-refractivity contribution is 6.00. The van der Waals surface area contributed by atoms with Crippen LogP contribution in [0.4, 0.5) is 0 Å². The number of benzene rings is 1. The van der Waals surface area contributed by atoms with Gasteiger partial charge < -0.3 is 9.84 Å². The molecule has 0 aliphatic carbocycles. The standard InChI is InChI=1S/C12H13N3O3/c16-12(17)9-2-1-3-10-11(9)15(14-13-10)6-8-4-5-18-7-8/h1-3,8H,4-7H2,(H,16,17). The maximum absolute atomic E-state index is 11.2. The van der Waals surface area contributed by atoms with Crippen molar-refractivity contribution in [3.8, 4) is 0 Å². The van der Waals surface area contributed by atoms with Crippen molar-refractivity contribution in [1.29, 1.82) is 0 Å². The Hall–Kier alpha value is -1.95. The van der Waals surface area contributed by atoms with Gasteiger partial charge in [-0.15, -0.1) is 5.10 Å². The summed E-state index contributed by atoms with van der Waals surface area (Å²) in [6, 6.07) is 5.04. The van der Waals surface area contributed by atoms with Gasteiger partial charge in [0.1, 0.15) is 11.0 Å². The number of aromatic nitrogens is 3. The van der Waals surface area contributed by atoms with Gasteiger partial charge in [-0.3, -0.25) is 0 Å². The number of carboxylic acid groups (broad SMARTS) is 1. The molecule has 0 saturated carbocycles. The number of para-hydroxylation sites is 1. The highest BCUT2D eigenvalue weighted by Crippen LogP contribution is 2.20. The Morgan fingerprint density at radius 3 is 3.17 bits per heavy atom. The molecule has 0 spiro atoms. The summed E-state index contributed by atoms with van der Waals surface area (Å²) in [5, 5.41) is 17.3. The Bertz CT molecular complexity index is 587. The molecule has 0 radical (unpaired) electrons. The molecule has 18 heavy (non-hydrogen) atoms. The van der Waals surface area contributed by atoms with Crippen molar-refractivity contribution in [2.45, 2.75) is 13.0 Å². The van der Waals surface area contributed by atoms with E-state index >= 15 is 0 Å². The second-order valence-electron chi connectivity index (χ2n) is 4.48. The highest BCUT2D eigenvalue weighted by atomic mass is 16.5. The highest BCUT2D eigenvalue weighted by Gasteiger charge is 2.20. The number of hydrogen-bond acceptors (Lipinski definition) is 4. The fraction of sp³-hybridized carbons (Fsp3) is 0.417. The van der Waals surface area contributed by atoms with E-state index in [9.17, 15) is 9.90 Å². The molecule has 1 aromatic carbocycles.